The average Bonchev–Trinajstić information content (AvgIpc) is 3.04. The van der Waals surface area contributed by atoms with Crippen molar-refractivity contribution in [1.82, 2.24) is 0 Å². The molecule has 0 fully saturated rings. The number of rotatable bonds is 3. The fraction of sp³-hybridized carbons (Fsp3) is 0.118. The summed E-state index contributed by atoms with van der Waals surface area (Å²) in [6, 6.07) is 10.7. The molecular weight excluding hydrogens is 418 g/mol. The van der Waals surface area contributed by atoms with Crippen LogP contribution in [-0.4, -0.2) is 0 Å². The SMILES string of the molecule is C1=CCC([C-](C2=CC=CC2)c2ccccc2)=C1.[Cl-].[Hf]. The van der Waals surface area contributed by atoms with E-state index in [0.29, 0.717) is 0 Å². The van der Waals surface area contributed by atoms with Gasteiger partial charge in [-0.3, -0.25) is 0 Å². The minimum atomic E-state index is 0. The second-order valence-electron chi connectivity index (χ2n) is 4.39. The van der Waals surface area contributed by atoms with Crippen molar-refractivity contribution < 1.29 is 38.3 Å². The quantitative estimate of drug-likeness (QED) is 0.500. The summed E-state index contributed by atoms with van der Waals surface area (Å²) in [5.74, 6) is 1.42. The second-order valence-corrected chi connectivity index (χ2v) is 4.39. The van der Waals surface area contributed by atoms with E-state index in [1.165, 1.54) is 22.6 Å². The minimum Gasteiger partial charge on any atom is -1.00 e. The second kappa shape index (κ2) is 7.72. The van der Waals surface area contributed by atoms with Gasteiger partial charge in [-0.05, 0) is 12.8 Å². The molecule has 0 nitrogen and oxygen atoms in total. The zero-order chi connectivity index (χ0) is 11.5. The molecule has 1 aromatic carbocycles. The molecule has 0 radical (unpaired) electrons. The standard InChI is InChI=1S/C17H15.ClH.Hf/c1-2-8-14(9-3-1)17(15-10-4-5-11-15)16-12-6-7-13-16;;/h1-10,12H,11,13H2;1H;/q-1;;/p-1. The molecule has 0 saturated carbocycles. The summed E-state index contributed by atoms with van der Waals surface area (Å²) in [6.45, 7) is 0. The molecule has 0 heterocycles. The maximum absolute atomic E-state index is 2.24. The van der Waals surface area contributed by atoms with Crippen LogP contribution in [0.3, 0.4) is 0 Å². The molecule has 2 aliphatic rings. The first kappa shape index (κ1) is 16.3. The molecule has 1 aromatic rings. The average molecular weight is 433 g/mol. The van der Waals surface area contributed by atoms with Gasteiger partial charge in [0.25, 0.3) is 0 Å². The Kier molecular flexibility index (Phi) is 6.60. The van der Waals surface area contributed by atoms with Gasteiger partial charge in [0.2, 0.25) is 0 Å². The van der Waals surface area contributed by atoms with Crippen LogP contribution in [0.5, 0.6) is 0 Å². The minimum absolute atomic E-state index is 0. The molecule has 96 valence electrons. The van der Waals surface area contributed by atoms with Crippen LogP contribution in [0.15, 0.2) is 77.9 Å². The van der Waals surface area contributed by atoms with Crippen molar-refractivity contribution in [3.8, 4) is 0 Å². The first-order valence-corrected chi connectivity index (χ1v) is 6.09. The number of allylic oxidation sites excluding steroid dienone is 8. The van der Waals surface area contributed by atoms with Gasteiger partial charge in [-0.1, -0.05) is 48.4 Å². The Morgan fingerprint density at radius 1 is 0.789 bits per heavy atom. The van der Waals surface area contributed by atoms with Crippen molar-refractivity contribution in [2.24, 2.45) is 0 Å². The summed E-state index contributed by atoms with van der Waals surface area (Å²) in [7, 11) is 0. The van der Waals surface area contributed by atoms with E-state index in [-0.39, 0.29) is 38.3 Å². The molecule has 0 spiro atoms. The summed E-state index contributed by atoms with van der Waals surface area (Å²) in [5.41, 5.74) is 4.20. The van der Waals surface area contributed by atoms with Crippen LogP contribution in [0, 0.1) is 5.92 Å². The van der Waals surface area contributed by atoms with Crippen LogP contribution in [0.2, 0.25) is 0 Å². The van der Waals surface area contributed by atoms with Crippen LogP contribution in [0.25, 0.3) is 0 Å². The Morgan fingerprint density at radius 2 is 1.32 bits per heavy atom. The van der Waals surface area contributed by atoms with E-state index >= 15 is 0 Å². The maximum atomic E-state index is 2.24. The van der Waals surface area contributed by atoms with Gasteiger partial charge in [0.1, 0.15) is 0 Å². The van der Waals surface area contributed by atoms with Crippen LogP contribution in [0.1, 0.15) is 18.4 Å². The third-order valence-corrected chi connectivity index (χ3v) is 3.25. The molecule has 0 amide bonds. The number of hydrogen-bond acceptors (Lipinski definition) is 0. The Morgan fingerprint density at radius 3 is 1.74 bits per heavy atom. The molecule has 2 aliphatic carbocycles. The molecule has 0 saturated heterocycles. The van der Waals surface area contributed by atoms with E-state index in [0.717, 1.165) is 12.8 Å². The number of benzene rings is 1. The van der Waals surface area contributed by atoms with Crippen molar-refractivity contribution >= 4 is 0 Å². The zero-order valence-corrected chi connectivity index (χ0v) is 15.0. The predicted molar refractivity (Wildman–Crippen MR) is 72.5 cm³/mol. The van der Waals surface area contributed by atoms with Gasteiger partial charge < -0.3 is 12.4 Å². The molecule has 2 heteroatoms. The Hall–Kier alpha value is -0.790. The summed E-state index contributed by atoms with van der Waals surface area (Å²) in [5, 5.41) is 0. The molecule has 0 aliphatic heterocycles. The molecule has 0 bridgehead atoms. The summed E-state index contributed by atoms with van der Waals surface area (Å²) < 4.78 is 0. The van der Waals surface area contributed by atoms with E-state index in [1.54, 1.807) is 0 Å². The van der Waals surface area contributed by atoms with Crippen LogP contribution in [-0.2, 0) is 25.8 Å². The molecule has 0 aromatic heterocycles. The van der Waals surface area contributed by atoms with Crippen molar-refractivity contribution in [3.63, 3.8) is 0 Å². The molecule has 0 atom stereocenters. The fourth-order valence-electron chi connectivity index (χ4n) is 2.45. The van der Waals surface area contributed by atoms with Crippen LogP contribution >= 0.6 is 0 Å². The van der Waals surface area contributed by atoms with Gasteiger partial charge in [-0.2, -0.15) is 0 Å². The van der Waals surface area contributed by atoms with Gasteiger partial charge in [0.15, 0.2) is 0 Å². The van der Waals surface area contributed by atoms with Crippen molar-refractivity contribution in [2.75, 3.05) is 0 Å². The van der Waals surface area contributed by atoms with Gasteiger partial charge in [-0.25, -0.2) is 0 Å². The number of halogens is 1. The molecule has 19 heavy (non-hydrogen) atoms. The Balaban J connectivity index is 0.000000902. The molecule has 0 N–H and O–H groups in total. The largest absolute Gasteiger partial charge is 1.00 e. The smallest absolute Gasteiger partial charge is 0 e. The summed E-state index contributed by atoms with van der Waals surface area (Å²) >= 11 is 0. The maximum Gasteiger partial charge on any atom is 0 e. The van der Waals surface area contributed by atoms with E-state index in [2.05, 4.69) is 66.8 Å². The first-order chi connectivity index (χ1) is 8.45. The normalized spacial score (nSPS) is 15.4. The van der Waals surface area contributed by atoms with Gasteiger partial charge >= 0.3 is 0 Å². The van der Waals surface area contributed by atoms with Crippen molar-refractivity contribution in [1.29, 1.82) is 0 Å². The predicted octanol–water partition coefficient (Wildman–Crippen LogP) is 1.38. The van der Waals surface area contributed by atoms with Crippen LogP contribution in [0.4, 0.5) is 0 Å². The van der Waals surface area contributed by atoms with Gasteiger partial charge in [0, 0.05) is 25.8 Å². The van der Waals surface area contributed by atoms with Crippen LogP contribution < -0.4 is 12.4 Å². The number of hydrogen-bond donors (Lipinski definition) is 0. The van der Waals surface area contributed by atoms with E-state index < -0.39 is 0 Å². The Bertz CT molecular complexity index is 493. The Labute approximate surface area is 140 Å². The first-order valence-electron chi connectivity index (χ1n) is 6.09. The monoisotopic (exact) mass is 434 g/mol. The topological polar surface area (TPSA) is 0 Å². The van der Waals surface area contributed by atoms with Gasteiger partial charge in [0.05, 0.1) is 0 Å². The van der Waals surface area contributed by atoms with Crippen molar-refractivity contribution in [3.05, 3.63) is 89.4 Å². The molecule has 0 unspecified atom stereocenters. The fourth-order valence-corrected chi connectivity index (χ4v) is 2.45. The van der Waals surface area contributed by atoms with E-state index in [9.17, 15) is 0 Å². The molecular formula is C17H15ClHf-2. The summed E-state index contributed by atoms with van der Waals surface area (Å²) in [4.78, 5) is 0. The zero-order valence-electron chi connectivity index (χ0n) is 10.6. The van der Waals surface area contributed by atoms with E-state index in [4.69, 9.17) is 0 Å². The third kappa shape index (κ3) is 3.61. The van der Waals surface area contributed by atoms with Gasteiger partial charge in [-0.15, -0.1) is 41.0 Å². The molecule has 3 rings (SSSR count). The van der Waals surface area contributed by atoms with E-state index in [1.807, 2.05) is 0 Å². The van der Waals surface area contributed by atoms with Crippen molar-refractivity contribution in [2.45, 2.75) is 12.8 Å². The summed E-state index contributed by atoms with van der Waals surface area (Å²) in [6.07, 6.45) is 15.3. The third-order valence-electron chi connectivity index (χ3n) is 3.25.